The van der Waals surface area contributed by atoms with Gasteiger partial charge in [0.05, 0.1) is 16.2 Å². The van der Waals surface area contributed by atoms with Crippen LogP contribution in [0.15, 0.2) is 40.9 Å². The molecule has 1 aliphatic heterocycles. The Balaban J connectivity index is 2.02. The summed E-state index contributed by atoms with van der Waals surface area (Å²) in [7, 11) is -5.37. The predicted octanol–water partition coefficient (Wildman–Crippen LogP) is 4.83. The Morgan fingerprint density at radius 3 is 2.23 bits per heavy atom. The minimum absolute atomic E-state index is 0.372. The lowest BCUT2D eigenvalue weighted by atomic mass is 9.94. The van der Waals surface area contributed by atoms with Crippen molar-refractivity contribution < 1.29 is 12.8 Å². The largest absolute Gasteiger partial charge is 0.407 e. The van der Waals surface area contributed by atoms with Crippen LogP contribution in [0.3, 0.4) is 0 Å². The molecule has 0 bridgehead atoms. The van der Waals surface area contributed by atoms with E-state index < -0.39 is 23.9 Å². The highest BCUT2D eigenvalue weighted by Crippen LogP contribution is 2.45. The molecule has 1 heterocycles. The molecule has 1 saturated carbocycles. The summed E-state index contributed by atoms with van der Waals surface area (Å²) in [5.41, 5.74) is 1.53. The van der Waals surface area contributed by atoms with Gasteiger partial charge in [0.15, 0.2) is 8.32 Å². The maximum absolute atomic E-state index is 13.4. The Labute approximate surface area is 159 Å². The molecule has 144 valence electrons. The van der Waals surface area contributed by atoms with Crippen molar-refractivity contribution in [2.45, 2.75) is 75.6 Å². The molecule has 0 saturated heterocycles. The van der Waals surface area contributed by atoms with E-state index in [1.54, 1.807) is 16.4 Å². The maximum Gasteiger partial charge on any atom is 0.264 e. The van der Waals surface area contributed by atoms with Crippen LogP contribution in [0.1, 0.15) is 44.1 Å². The fourth-order valence-electron chi connectivity index (χ4n) is 4.14. The molecule has 1 fully saturated rings. The number of sulfonamides is 1. The first-order valence-corrected chi connectivity index (χ1v) is 14.5. The molecular formula is C20H31NO3SSi. The summed E-state index contributed by atoms with van der Waals surface area (Å²) in [4.78, 5) is 0.372. The van der Waals surface area contributed by atoms with E-state index >= 15 is 0 Å². The third-order valence-electron chi connectivity index (χ3n) is 5.16. The summed E-state index contributed by atoms with van der Waals surface area (Å²) < 4.78 is 35.1. The van der Waals surface area contributed by atoms with Gasteiger partial charge in [-0.3, -0.25) is 4.31 Å². The molecule has 0 atom stereocenters. The summed E-state index contributed by atoms with van der Waals surface area (Å²) in [6.07, 6.45) is 7.94. The van der Waals surface area contributed by atoms with Crippen LogP contribution in [0.25, 0.3) is 0 Å². The zero-order chi connectivity index (χ0) is 19.0. The Bertz CT molecular complexity index is 772. The quantitative estimate of drug-likeness (QED) is 0.673. The van der Waals surface area contributed by atoms with E-state index in [0.717, 1.165) is 49.8 Å². The van der Waals surface area contributed by atoms with Gasteiger partial charge >= 0.3 is 0 Å². The van der Waals surface area contributed by atoms with Gasteiger partial charge in [-0.25, -0.2) is 8.42 Å². The second kappa shape index (κ2) is 7.13. The molecule has 26 heavy (non-hydrogen) atoms. The van der Waals surface area contributed by atoms with E-state index in [1.165, 1.54) is 0 Å². The highest BCUT2D eigenvalue weighted by molar-refractivity contribution is 7.89. The van der Waals surface area contributed by atoms with Crippen LogP contribution in [-0.4, -0.2) is 33.2 Å². The summed E-state index contributed by atoms with van der Waals surface area (Å²) in [6.45, 7) is 9.08. The first-order chi connectivity index (χ1) is 12.1. The maximum atomic E-state index is 13.4. The lowest BCUT2D eigenvalue weighted by Crippen LogP contribution is -2.49. The van der Waals surface area contributed by atoms with E-state index in [4.69, 9.17) is 4.43 Å². The summed E-state index contributed by atoms with van der Waals surface area (Å²) in [6, 6.07) is 7.17. The predicted molar refractivity (Wildman–Crippen MR) is 108 cm³/mol. The van der Waals surface area contributed by atoms with Gasteiger partial charge < -0.3 is 4.43 Å². The van der Waals surface area contributed by atoms with Crippen LogP contribution in [-0.2, 0) is 14.4 Å². The van der Waals surface area contributed by atoms with E-state index in [-0.39, 0.29) is 0 Å². The smallest absolute Gasteiger partial charge is 0.264 e. The van der Waals surface area contributed by atoms with Crippen LogP contribution in [0.5, 0.6) is 0 Å². The van der Waals surface area contributed by atoms with Crippen molar-refractivity contribution in [1.82, 2.24) is 4.31 Å². The molecule has 3 rings (SSSR count). The molecule has 0 spiro atoms. The topological polar surface area (TPSA) is 46.6 Å². The second-order valence-electron chi connectivity index (χ2n) is 8.54. The standard InChI is InChI=1S/C20H31NO3SSi/c1-17-10-12-18(13-11-17)25(22,23)21-16-8-5-9-19(21)20(14-6-7-15-20)24-26(2,3)4/h9-13H,5-8,14-16H2,1-4H3. The van der Waals surface area contributed by atoms with Gasteiger partial charge in [0.2, 0.25) is 0 Å². The normalized spacial score (nSPS) is 20.9. The molecule has 4 nitrogen and oxygen atoms in total. The SMILES string of the molecule is Cc1ccc(S(=O)(=O)N2CCCC=C2C2(O[Si](C)(C)C)CCCC2)cc1. The summed E-state index contributed by atoms with van der Waals surface area (Å²) in [5, 5.41) is 0. The van der Waals surface area contributed by atoms with E-state index in [0.29, 0.717) is 11.4 Å². The average molecular weight is 394 g/mol. The molecule has 0 amide bonds. The van der Waals surface area contributed by atoms with Gasteiger partial charge in [0.1, 0.15) is 0 Å². The van der Waals surface area contributed by atoms with Gasteiger partial charge in [-0.1, -0.05) is 36.6 Å². The molecule has 0 unspecified atom stereocenters. The third kappa shape index (κ3) is 3.92. The van der Waals surface area contributed by atoms with Crippen LogP contribution >= 0.6 is 0 Å². The van der Waals surface area contributed by atoms with Crippen molar-refractivity contribution in [3.05, 3.63) is 41.6 Å². The van der Waals surface area contributed by atoms with Crippen molar-refractivity contribution in [1.29, 1.82) is 0 Å². The van der Waals surface area contributed by atoms with Crippen LogP contribution in [0.4, 0.5) is 0 Å². The number of benzene rings is 1. The van der Waals surface area contributed by atoms with Crippen LogP contribution < -0.4 is 0 Å². The van der Waals surface area contributed by atoms with Gasteiger partial charge in [0, 0.05) is 6.54 Å². The van der Waals surface area contributed by atoms with Crippen LogP contribution in [0, 0.1) is 6.92 Å². The minimum Gasteiger partial charge on any atom is -0.407 e. The molecule has 6 heteroatoms. The molecule has 1 aromatic rings. The molecule has 1 aromatic carbocycles. The zero-order valence-electron chi connectivity index (χ0n) is 16.4. The molecule has 2 aliphatic rings. The van der Waals surface area contributed by atoms with E-state index in [1.807, 2.05) is 19.1 Å². The summed E-state index contributed by atoms with van der Waals surface area (Å²) >= 11 is 0. The van der Waals surface area contributed by atoms with Gasteiger partial charge in [-0.15, -0.1) is 0 Å². The van der Waals surface area contributed by atoms with Gasteiger partial charge in [-0.2, -0.15) is 0 Å². The van der Waals surface area contributed by atoms with Crippen molar-refractivity contribution in [3.8, 4) is 0 Å². The fourth-order valence-corrected chi connectivity index (χ4v) is 7.22. The lowest BCUT2D eigenvalue weighted by molar-refractivity contribution is 0.0828. The summed E-state index contributed by atoms with van der Waals surface area (Å²) in [5.74, 6) is 0. The molecule has 0 radical (unpaired) electrons. The number of hydrogen-bond acceptors (Lipinski definition) is 3. The van der Waals surface area contributed by atoms with Crippen LogP contribution in [0.2, 0.25) is 19.6 Å². The van der Waals surface area contributed by atoms with Gasteiger partial charge in [0.25, 0.3) is 10.0 Å². The first kappa shape index (κ1) is 19.6. The number of aryl methyl sites for hydroxylation is 1. The molecule has 0 N–H and O–H groups in total. The lowest BCUT2D eigenvalue weighted by Gasteiger charge is -2.44. The van der Waals surface area contributed by atoms with Crippen molar-refractivity contribution in [2.24, 2.45) is 0 Å². The number of rotatable bonds is 5. The monoisotopic (exact) mass is 393 g/mol. The number of nitrogens with zero attached hydrogens (tertiary/aromatic N) is 1. The van der Waals surface area contributed by atoms with Gasteiger partial charge in [-0.05, 0) is 64.4 Å². The van der Waals surface area contributed by atoms with E-state index in [2.05, 4.69) is 25.7 Å². The molecular weight excluding hydrogens is 362 g/mol. The Morgan fingerprint density at radius 1 is 1.04 bits per heavy atom. The number of hydrogen-bond donors (Lipinski definition) is 0. The first-order valence-electron chi connectivity index (χ1n) is 9.64. The second-order valence-corrected chi connectivity index (χ2v) is 14.8. The Morgan fingerprint density at radius 2 is 1.65 bits per heavy atom. The Hall–Kier alpha value is -1.11. The minimum atomic E-state index is -3.56. The zero-order valence-corrected chi connectivity index (χ0v) is 18.2. The highest BCUT2D eigenvalue weighted by Gasteiger charge is 2.46. The molecule has 1 aliphatic carbocycles. The molecule has 0 aromatic heterocycles. The van der Waals surface area contributed by atoms with Crippen molar-refractivity contribution in [2.75, 3.05) is 6.54 Å². The van der Waals surface area contributed by atoms with Crippen molar-refractivity contribution >= 4 is 18.3 Å². The van der Waals surface area contributed by atoms with E-state index in [9.17, 15) is 8.42 Å². The third-order valence-corrected chi connectivity index (χ3v) is 7.99. The number of allylic oxidation sites excluding steroid dienone is 1. The van der Waals surface area contributed by atoms with Crippen molar-refractivity contribution in [3.63, 3.8) is 0 Å². The Kier molecular flexibility index (Phi) is 5.39. The fraction of sp³-hybridized carbons (Fsp3) is 0.600. The highest BCUT2D eigenvalue weighted by atomic mass is 32.2. The average Bonchev–Trinajstić information content (AvgIpc) is 3.03.